The number of nitrogens with zero attached hydrogens (tertiary/aromatic N) is 3. The second-order valence-electron chi connectivity index (χ2n) is 7.45. The first-order valence-corrected chi connectivity index (χ1v) is 10.8. The smallest absolute Gasteiger partial charge is 0.268 e. The Labute approximate surface area is 169 Å². The third kappa shape index (κ3) is 3.49. The van der Waals surface area contributed by atoms with Crippen LogP contribution in [0.3, 0.4) is 0 Å². The number of benzene rings is 1. The molecule has 0 spiro atoms. The maximum atomic E-state index is 13.0. The molecule has 0 saturated carbocycles. The number of anilines is 1. The molecule has 3 aromatic rings. The molecular formula is C22H26N4OS. The molecule has 2 heterocycles. The van der Waals surface area contributed by atoms with Crippen LogP contribution >= 0.6 is 11.3 Å². The Hall–Kier alpha value is -2.47. The Morgan fingerprint density at radius 2 is 2.14 bits per heavy atom. The standard InChI is InChI=1S/C22H26N4OS/c1-4-8-19-24-15(3)20(28-19)22(27)25-21-14(2)13-23-26(21)18-12-7-10-16-9-5-6-11-17(16)18/h5-6,9,11,13,18H,4,7-8,10,12H2,1-3H3,(H,25,27). The number of rotatable bonds is 5. The van der Waals surface area contributed by atoms with Gasteiger partial charge in [-0.05, 0) is 57.1 Å². The Balaban J connectivity index is 1.64. The normalized spacial score (nSPS) is 16.0. The van der Waals surface area contributed by atoms with Crippen LogP contribution in [0.15, 0.2) is 30.5 Å². The second-order valence-corrected chi connectivity index (χ2v) is 8.54. The van der Waals surface area contributed by atoms with Gasteiger partial charge in [-0.1, -0.05) is 31.2 Å². The minimum absolute atomic E-state index is 0.0914. The number of hydrogen-bond acceptors (Lipinski definition) is 4. The molecule has 1 N–H and O–H groups in total. The first-order chi connectivity index (χ1) is 13.6. The zero-order chi connectivity index (χ0) is 19.7. The van der Waals surface area contributed by atoms with E-state index < -0.39 is 0 Å². The van der Waals surface area contributed by atoms with Crippen molar-refractivity contribution < 1.29 is 4.79 Å². The molecule has 0 aliphatic heterocycles. The van der Waals surface area contributed by atoms with Gasteiger partial charge in [-0.15, -0.1) is 11.3 Å². The lowest BCUT2D eigenvalue weighted by atomic mass is 9.88. The molecule has 0 bridgehead atoms. The number of aryl methyl sites for hydroxylation is 4. The molecule has 0 radical (unpaired) electrons. The van der Waals surface area contributed by atoms with Gasteiger partial charge < -0.3 is 5.32 Å². The van der Waals surface area contributed by atoms with Gasteiger partial charge in [0.2, 0.25) is 0 Å². The van der Waals surface area contributed by atoms with Crippen molar-refractivity contribution in [2.45, 2.75) is 58.9 Å². The average Bonchev–Trinajstić information content (AvgIpc) is 3.24. The van der Waals surface area contributed by atoms with E-state index in [1.54, 1.807) is 0 Å². The molecule has 2 aromatic heterocycles. The summed E-state index contributed by atoms with van der Waals surface area (Å²) in [5, 5.41) is 8.79. The largest absolute Gasteiger partial charge is 0.306 e. The first kappa shape index (κ1) is 18.9. The lowest BCUT2D eigenvalue weighted by Crippen LogP contribution is -2.22. The fraction of sp³-hybridized carbons (Fsp3) is 0.409. The molecule has 5 nitrogen and oxygen atoms in total. The Bertz CT molecular complexity index is 1000. The van der Waals surface area contributed by atoms with Crippen LogP contribution in [0.4, 0.5) is 5.82 Å². The Morgan fingerprint density at radius 3 is 2.96 bits per heavy atom. The lowest BCUT2D eigenvalue weighted by molar-refractivity contribution is 0.102. The van der Waals surface area contributed by atoms with Gasteiger partial charge in [-0.3, -0.25) is 4.79 Å². The number of fused-ring (bicyclic) bond motifs is 1. The van der Waals surface area contributed by atoms with Crippen LogP contribution in [0.2, 0.25) is 0 Å². The fourth-order valence-corrected chi connectivity index (χ4v) is 5.03. The molecule has 1 aliphatic carbocycles. The van der Waals surface area contributed by atoms with Crippen LogP contribution in [-0.4, -0.2) is 20.7 Å². The third-order valence-corrected chi connectivity index (χ3v) is 6.57. The molecule has 1 aliphatic rings. The number of amides is 1. The minimum Gasteiger partial charge on any atom is -0.306 e. The summed E-state index contributed by atoms with van der Waals surface area (Å²) in [4.78, 5) is 18.2. The van der Waals surface area contributed by atoms with Crippen molar-refractivity contribution in [3.63, 3.8) is 0 Å². The van der Waals surface area contributed by atoms with Gasteiger partial charge in [0.1, 0.15) is 10.7 Å². The average molecular weight is 395 g/mol. The number of hydrogen-bond donors (Lipinski definition) is 1. The van der Waals surface area contributed by atoms with Crippen molar-refractivity contribution in [1.82, 2.24) is 14.8 Å². The summed E-state index contributed by atoms with van der Waals surface area (Å²) >= 11 is 1.50. The number of carbonyl (C=O) groups is 1. The van der Waals surface area contributed by atoms with Crippen molar-refractivity contribution in [2.24, 2.45) is 0 Å². The maximum absolute atomic E-state index is 13.0. The molecule has 1 unspecified atom stereocenters. The van der Waals surface area contributed by atoms with Gasteiger partial charge in [0.25, 0.3) is 5.91 Å². The SMILES string of the molecule is CCCc1nc(C)c(C(=O)Nc2c(C)cnn2C2CCCc3ccccc32)s1. The molecule has 0 fully saturated rings. The van der Waals surface area contributed by atoms with E-state index >= 15 is 0 Å². The highest BCUT2D eigenvalue weighted by Gasteiger charge is 2.26. The molecule has 146 valence electrons. The summed E-state index contributed by atoms with van der Waals surface area (Å²) in [5.41, 5.74) is 4.48. The number of carbonyl (C=O) groups excluding carboxylic acids is 1. The molecule has 1 atom stereocenters. The van der Waals surface area contributed by atoms with Gasteiger partial charge in [-0.2, -0.15) is 5.10 Å². The summed E-state index contributed by atoms with van der Waals surface area (Å²) in [6.07, 6.45) is 7.04. The van der Waals surface area contributed by atoms with Crippen molar-refractivity contribution in [1.29, 1.82) is 0 Å². The molecule has 1 aromatic carbocycles. The molecule has 4 rings (SSSR count). The van der Waals surface area contributed by atoms with Gasteiger partial charge in [0.15, 0.2) is 0 Å². The van der Waals surface area contributed by atoms with Crippen LogP contribution in [-0.2, 0) is 12.8 Å². The summed E-state index contributed by atoms with van der Waals surface area (Å²) in [7, 11) is 0. The quantitative estimate of drug-likeness (QED) is 0.656. The van der Waals surface area contributed by atoms with Gasteiger partial charge in [-0.25, -0.2) is 9.67 Å². The van der Waals surface area contributed by atoms with E-state index in [9.17, 15) is 4.79 Å². The fourth-order valence-electron chi connectivity index (χ4n) is 3.97. The van der Waals surface area contributed by atoms with E-state index in [4.69, 9.17) is 0 Å². The van der Waals surface area contributed by atoms with E-state index in [0.29, 0.717) is 4.88 Å². The van der Waals surface area contributed by atoms with Crippen LogP contribution in [0.5, 0.6) is 0 Å². The topological polar surface area (TPSA) is 59.8 Å². The molecule has 28 heavy (non-hydrogen) atoms. The second kappa shape index (κ2) is 7.87. The van der Waals surface area contributed by atoms with Gasteiger partial charge in [0.05, 0.1) is 22.9 Å². The first-order valence-electron chi connectivity index (χ1n) is 9.98. The Kier molecular flexibility index (Phi) is 5.31. The zero-order valence-corrected chi connectivity index (χ0v) is 17.5. The third-order valence-electron chi connectivity index (χ3n) is 5.35. The maximum Gasteiger partial charge on any atom is 0.268 e. The van der Waals surface area contributed by atoms with Crippen molar-refractivity contribution >= 4 is 23.1 Å². The highest BCUT2D eigenvalue weighted by atomic mass is 32.1. The summed E-state index contributed by atoms with van der Waals surface area (Å²) < 4.78 is 1.99. The predicted octanol–water partition coefficient (Wildman–Crippen LogP) is 5.09. The van der Waals surface area contributed by atoms with Crippen LogP contribution in [0.1, 0.15) is 69.3 Å². The van der Waals surface area contributed by atoms with Crippen LogP contribution < -0.4 is 5.32 Å². The van der Waals surface area contributed by atoms with Crippen molar-refractivity contribution in [3.8, 4) is 0 Å². The summed E-state index contributed by atoms with van der Waals surface area (Å²) in [6, 6.07) is 8.73. The highest BCUT2D eigenvalue weighted by Crippen LogP contribution is 2.35. The van der Waals surface area contributed by atoms with Gasteiger partial charge in [0, 0.05) is 5.56 Å². The van der Waals surface area contributed by atoms with Gasteiger partial charge >= 0.3 is 0 Å². The number of aromatic nitrogens is 3. The summed E-state index contributed by atoms with van der Waals surface area (Å²) in [6.45, 7) is 6.03. The van der Waals surface area contributed by atoms with Crippen molar-refractivity contribution in [3.05, 3.63) is 62.7 Å². The predicted molar refractivity (Wildman–Crippen MR) is 113 cm³/mol. The van der Waals surface area contributed by atoms with Crippen molar-refractivity contribution in [2.75, 3.05) is 5.32 Å². The highest BCUT2D eigenvalue weighted by molar-refractivity contribution is 7.13. The Morgan fingerprint density at radius 1 is 1.32 bits per heavy atom. The molecule has 6 heteroatoms. The van der Waals surface area contributed by atoms with Crippen LogP contribution in [0.25, 0.3) is 0 Å². The van der Waals surface area contributed by atoms with E-state index in [2.05, 4.69) is 46.6 Å². The van der Waals surface area contributed by atoms with E-state index in [-0.39, 0.29) is 11.9 Å². The van der Waals surface area contributed by atoms with E-state index in [1.165, 1.54) is 22.5 Å². The molecule has 1 amide bonds. The van der Waals surface area contributed by atoms with Crippen LogP contribution in [0, 0.1) is 13.8 Å². The zero-order valence-electron chi connectivity index (χ0n) is 16.7. The number of nitrogens with one attached hydrogen (secondary N) is 1. The molecular weight excluding hydrogens is 368 g/mol. The monoisotopic (exact) mass is 394 g/mol. The number of thiazole rings is 1. The lowest BCUT2D eigenvalue weighted by Gasteiger charge is -2.27. The molecule has 0 saturated heterocycles. The van der Waals surface area contributed by atoms with E-state index in [0.717, 1.165) is 54.2 Å². The van der Waals surface area contributed by atoms with E-state index in [1.807, 2.05) is 24.7 Å². The summed E-state index contributed by atoms with van der Waals surface area (Å²) in [5.74, 6) is 0.697. The minimum atomic E-state index is -0.0914.